The smallest absolute Gasteiger partial charge is 0.252 e. The molecule has 28 heavy (non-hydrogen) atoms. The van der Waals surface area contributed by atoms with E-state index in [2.05, 4.69) is 4.98 Å². The first-order chi connectivity index (χ1) is 12.9. The second-order valence-electron chi connectivity index (χ2n) is 6.26. The summed E-state index contributed by atoms with van der Waals surface area (Å²) in [6.07, 6.45) is 3.18. The maximum atomic E-state index is 13.5. The van der Waals surface area contributed by atoms with E-state index in [0.29, 0.717) is 33.5 Å². The third kappa shape index (κ3) is 5.52. The Kier molecular flexibility index (Phi) is 7.95. The highest BCUT2D eigenvalue weighted by Gasteiger charge is 2.18. The SMILES string of the molecule is CN(C)CCN(C(=O)C=Cc1ccccc1Cl)c1nc2ccc(F)cc2s1.Cl. The highest BCUT2D eigenvalue weighted by Crippen LogP contribution is 2.29. The number of hydrogen-bond acceptors (Lipinski definition) is 4. The van der Waals surface area contributed by atoms with Gasteiger partial charge in [-0.1, -0.05) is 41.1 Å². The number of hydrogen-bond donors (Lipinski definition) is 0. The van der Waals surface area contributed by atoms with Gasteiger partial charge in [-0.2, -0.15) is 0 Å². The molecule has 0 aliphatic heterocycles. The largest absolute Gasteiger partial charge is 0.308 e. The number of carbonyl (C=O) groups excluding carboxylic acids is 1. The van der Waals surface area contributed by atoms with Crippen LogP contribution in [0, 0.1) is 5.82 Å². The van der Waals surface area contributed by atoms with E-state index in [9.17, 15) is 9.18 Å². The summed E-state index contributed by atoms with van der Waals surface area (Å²) in [5.74, 6) is -0.515. The summed E-state index contributed by atoms with van der Waals surface area (Å²) in [4.78, 5) is 21.0. The molecule has 1 amide bonds. The van der Waals surface area contributed by atoms with Gasteiger partial charge in [0.1, 0.15) is 5.82 Å². The van der Waals surface area contributed by atoms with E-state index in [1.165, 1.54) is 29.5 Å². The van der Waals surface area contributed by atoms with Crippen LogP contribution in [0.5, 0.6) is 0 Å². The van der Waals surface area contributed by atoms with E-state index in [-0.39, 0.29) is 24.1 Å². The van der Waals surface area contributed by atoms with Crippen LogP contribution in [0.3, 0.4) is 0 Å². The summed E-state index contributed by atoms with van der Waals surface area (Å²) < 4.78 is 14.2. The quantitative estimate of drug-likeness (QED) is 0.500. The topological polar surface area (TPSA) is 36.4 Å². The van der Waals surface area contributed by atoms with E-state index < -0.39 is 0 Å². The second kappa shape index (κ2) is 9.98. The third-order valence-corrected chi connectivity index (χ3v) is 5.30. The number of benzene rings is 2. The summed E-state index contributed by atoms with van der Waals surface area (Å²) in [6.45, 7) is 1.15. The van der Waals surface area contributed by atoms with E-state index in [0.717, 1.165) is 5.56 Å². The molecule has 8 heteroatoms. The van der Waals surface area contributed by atoms with E-state index in [1.807, 2.05) is 37.2 Å². The van der Waals surface area contributed by atoms with Crippen LogP contribution in [-0.4, -0.2) is 43.0 Å². The van der Waals surface area contributed by atoms with Gasteiger partial charge in [-0.05, 0) is 50.0 Å². The van der Waals surface area contributed by atoms with Crippen molar-refractivity contribution in [2.45, 2.75) is 0 Å². The Morgan fingerprint density at radius 2 is 1.96 bits per heavy atom. The van der Waals surface area contributed by atoms with Gasteiger partial charge in [0.2, 0.25) is 0 Å². The normalized spacial score (nSPS) is 11.2. The summed E-state index contributed by atoms with van der Waals surface area (Å²) in [6, 6.07) is 11.8. The maximum Gasteiger partial charge on any atom is 0.252 e. The molecule has 3 rings (SSSR count). The van der Waals surface area contributed by atoms with Crippen LogP contribution in [0.1, 0.15) is 5.56 Å². The van der Waals surface area contributed by atoms with Gasteiger partial charge >= 0.3 is 0 Å². The molecule has 0 saturated heterocycles. The van der Waals surface area contributed by atoms with Crippen molar-refractivity contribution in [1.82, 2.24) is 9.88 Å². The molecule has 148 valence electrons. The van der Waals surface area contributed by atoms with Gasteiger partial charge in [-0.25, -0.2) is 9.37 Å². The zero-order valence-corrected chi connectivity index (χ0v) is 17.8. The summed E-state index contributed by atoms with van der Waals surface area (Å²) in [7, 11) is 3.88. The third-order valence-electron chi connectivity index (χ3n) is 3.92. The van der Waals surface area contributed by atoms with Gasteiger partial charge in [0.15, 0.2) is 5.13 Å². The van der Waals surface area contributed by atoms with Gasteiger partial charge in [-0.15, -0.1) is 12.4 Å². The lowest BCUT2D eigenvalue weighted by Gasteiger charge is -2.20. The fourth-order valence-corrected chi connectivity index (χ4v) is 3.68. The molecule has 3 aromatic rings. The van der Waals surface area contributed by atoms with Gasteiger partial charge in [0.05, 0.1) is 10.2 Å². The fraction of sp³-hybridized carbons (Fsp3) is 0.200. The van der Waals surface area contributed by atoms with Crippen LogP contribution in [0.15, 0.2) is 48.5 Å². The number of aromatic nitrogens is 1. The number of rotatable bonds is 6. The molecule has 2 aromatic carbocycles. The molecular weight excluding hydrogens is 420 g/mol. The van der Waals surface area contributed by atoms with Crippen molar-refractivity contribution >= 4 is 62.7 Å². The molecule has 0 aliphatic rings. The first-order valence-corrected chi connectivity index (χ1v) is 9.58. The van der Waals surface area contributed by atoms with Crippen LogP contribution in [-0.2, 0) is 4.79 Å². The van der Waals surface area contributed by atoms with E-state index >= 15 is 0 Å². The lowest BCUT2D eigenvalue weighted by Crippen LogP contribution is -2.35. The van der Waals surface area contributed by atoms with Crippen molar-refractivity contribution in [2.75, 3.05) is 32.1 Å². The first kappa shape index (κ1) is 22.3. The predicted octanol–water partition coefficient (Wildman–Crippen LogP) is 5.12. The van der Waals surface area contributed by atoms with Gasteiger partial charge in [0.25, 0.3) is 5.91 Å². The van der Waals surface area contributed by atoms with Crippen molar-refractivity contribution in [3.8, 4) is 0 Å². The lowest BCUT2D eigenvalue weighted by atomic mass is 10.2. The molecule has 4 nitrogen and oxygen atoms in total. The fourth-order valence-electron chi connectivity index (χ4n) is 2.46. The highest BCUT2D eigenvalue weighted by atomic mass is 35.5. The number of fused-ring (bicyclic) bond motifs is 1. The number of anilines is 1. The van der Waals surface area contributed by atoms with Gasteiger partial charge in [-0.3, -0.25) is 9.69 Å². The zero-order valence-electron chi connectivity index (χ0n) is 15.4. The average molecular weight is 440 g/mol. The Morgan fingerprint density at radius 1 is 1.21 bits per heavy atom. The molecule has 0 unspecified atom stereocenters. The van der Waals surface area contributed by atoms with Crippen molar-refractivity contribution in [1.29, 1.82) is 0 Å². The van der Waals surface area contributed by atoms with E-state index in [1.54, 1.807) is 23.1 Å². The molecule has 0 aliphatic carbocycles. The molecule has 0 radical (unpaired) electrons. The van der Waals surface area contributed by atoms with Crippen LogP contribution < -0.4 is 4.90 Å². The summed E-state index contributed by atoms with van der Waals surface area (Å²) in [5, 5.41) is 1.13. The number of halogens is 3. The van der Waals surface area contributed by atoms with Crippen LogP contribution >= 0.6 is 35.3 Å². The van der Waals surface area contributed by atoms with E-state index in [4.69, 9.17) is 11.6 Å². The monoisotopic (exact) mass is 439 g/mol. The van der Waals surface area contributed by atoms with Crippen LogP contribution in [0.4, 0.5) is 9.52 Å². The minimum atomic E-state index is -0.317. The molecule has 0 saturated carbocycles. The Hall–Kier alpha value is -1.99. The Morgan fingerprint density at radius 3 is 2.68 bits per heavy atom. The van der Waals surface area contributed by atoms with Gasteiger partial charge < -0.3 is 4.90 Å². The highest BCUT2D eigenvalue weighted by molar-refractivity contribution is 7.22. The van der Waals surface area contributed by atoms with Crippen LogP contribution in [0.2, 0.25) is 5.02 Å². The molecule has 0 bridgehead atoms. The number of nitrogens with zero attached hydrogens (tertiary/aromatic N) is 3. The minimum Gasteiger partial charge on any atom is -0.308 e. The van der Waals surface area contributed by atoms with Crippen molar-refractivity contribution in [3.63, 3.8) is 0 Å². The number of carbonyl (C=O) groups is 1. The molecule has 1 heterocycles. The summed E-state index contributed by atoms with van der Waals surface area (Å²) in [5.41, 5.74) is 1.44. The molecule has 0 spiro atoms. The number of thiazole rings is 1. The molecule has 0 N–H and O–H groups in total. The Labute approximate surface area is 178 Å². The predicted molar refractivity (Wildman–Crippen MR) is 118 cm³/mol. The standard InChI is InChI=1S/C20H19ClFN3OS.ClH/c1-24(2)11-12-25(19(26)10-7-14-5-3-4-6-16(14)21)20-23-17-9-8-15(22)13-18(17)27-20;/h3-10,13H,11-12H2,1-2H3;1H. The number of likely N-dealkylation sites (N-methyl/N-ethyl adjacent to an activating group) is 1. The van der Waals surface area contributed by atoms with Crippen molar-refractivity contribution in [2.24, 2.45) is 0 Å². The summed E-state index contributed by atoms with van der Waals surface area (Å²) >= 11 is 7.45. The Bertz CT molecular complexity index is 990. The molecular formula is C20H20Cl2FN3OS. The maximum absolute atomic E-state index is 13.5. The first-order valence-electron chi connectivity index (χ1n) is 8.39. The molecule has 1 aromatic heterocycles. The molecule has 0 fully saturated rings. The van der Waals surface area contributed by atoms with Crippen molar-refractivity contribution in [3.05, 3.63) is 64.9 Å². The number of amides is 1. The Balaban J connectivity index is 0.00000280. The average Bonchev–Trinajstić information content (AvgIpc) is 3.03. The van der Waals surface area contributed by atoms with Crippen molar-refractivity contribution < 1.29 is 9.18 Å². The zero-order chi connectivity index (χ0) is 19.4. The lowest BCUT2D eigenvalue weighted by molar-refractivity contribution is -0.114. The minimum absolute atomic E-state index is 0. The second-order valence-corrected chi connectivity index (χ2v) is 7.67. The van der Waals surface area contributed by atoms with Gasteiger partial charge in [0, 0.05) is 24.2 Å². The molecule has 0 atom stereocenters. The van der Waals surface area contributed by atoms with Crippen LogP contribution in [0.25, 0.3) is 16.3 Å².